The molecule has 7 rings (SSSR count). The van der Waals surface area contributed by atoms with Crippen molar-refractivity contribution in [2.24, 2.45) is 0 Å². The lowest BCUT2D eigenvalue weighted by atomic mass is 10.0. The van der Waals surface area contributed by atoms with Crippen molar-refractivity contribution >= 4 is 41.1 Å². The van der Waals surface area contributed by atoms with Crippen LogP contribution in [0.3, 0.4) is 0 Å². The predicted octanol–water partition coefficient (Wildman–Crippen LogP) is 19.0. The van der Waals surface area contributed by atoms with Gasteiger partial charge in [0.2, 0.25) is 5.91 Å². The van der Waals surface area contributed by atoms with E-state index in [2.05, 4.69) is 115 Å². The number of urea groups is 1. The number of hydrogen-bond acceptors (Lipinski definition) is 8. The number of imidazole rings is 2. The van der Waals surface area contributed by atoms with Gasteiger partial charge in [-0.2, -0.15) is 0 Å². The number of unbranched alkanes of at least 4 members (excludes halogenated alkanes) is 12. The Balaban J connectivity index is 0.000000271. The molecule has 7 aromatic rings. The maximum absolute atomic E-state index is 14.2. The van der Waals surface area contributed by atoms with E-state index in [9.17, 15) is 18.4 Å². The zero-order valence-electron chi connectivity index (χ0n) is 50.9. The third-order valence-electron chi connectivity index (χ3n) is 14.7. The van der Waals surface area contributed by atoms with Crippen LogP contribution in [0, 0.1) is 25.5 Å². The molecule has 0 fully saturated rings. The number of amides is 3. The van der Waals surface area contributed by atoms with Gasteiger partial charge in [0.25, 0.3) is 0 Å². The molecule has 0 atom stereocenters. The number of aryl methyl sites for hydroxylation is 2. The second-order valence-corrected chi connectivity index (χ2v) is 23.7. The van der Waals surface area contributed by atoms with Gasteiger partial charge in [-0.05, 0) is 119 Å². The van der Waals surface area contributed by atoms with Crippen LogP contribution in [0.5, 0.6) is 11.5 Å². The molecule has 0 unspecified atom stereocenters. The number of halogens is 2. The minimum Gasteiger partial charge on any atom is -0.497 e. The summed E-state index contributed by atoms with van der Waals surface area (Å²) in [4.78, 5) is 46.6. The van der Waals surface area contributed by atoms with Crippen LogP contribution in [-0.4, -0.2) is 93.6 Å². The molecule has 0 radical (unpaired) electrons. The average molecular weight is 1180 g/mol. The van der Waals surface area contributed by atoms with Crippen molar-refractivity contribution in [1.82, 2.24) is 29.7 Å². The zero-order valence-corrected chi connectivity index (χ0v) is 52.6. The molecule has 3 N–H and O–H groups in total. The lowest BCUT2D eigenvalue weighted by Crippen LogP contribution is -2.36. The molecule has 84 heavy (non-hydrogen) atoms. The third-order valence-corrected chi connectivity index (χ3v) is 16.7. The third kappa shape index (κ3) is 22.1. The van der Waals surface area contributed by atoms with Crippen molar-refractivity contribution in [1.29, 1.82) is 0 Å². The number of methoxy groups -OCH3 is 2. The first-order chi connectivity index (χ1) is 40.9. The second-order valence-electron chi connectivity index (χ2n) is 21.5. The van der Waals surface area contributed by atoms with Crippen molar-refractivity contribution in [3.8, 4) is 56.5 Å². The summed E-state index contributed by atoms with van der Waals surface area (Å²) >= 11 is 3.47. The largest absolute Gasteiger partial charge is 0.497 e. The maximum Gasteiger partial charge on any atom is 0.321 e. The number of carbonyl (C=O) groups is 2. The highest BCUT2D eigenvalue weighted by molar-refractivity contribution is 7.99. The number of thioether (sulfide) groups is 2. The van der Waals surface area contributed by atoms with E-state index in [4.69, 9.17) is 19.4 Å². The number of anilines is 1. The van der Waals surface area contributed by atoms with E-state index in [0.717, 1.165) is 181 Å². The molecule has 11 nitrogen and oxygen atoms in total. The van der Waals surface area contributed by atoms with Crippen LogP contribution in [0.2, 0.25) is 0 Å². The van der Waals surface area contributed by atoms with Crippen LogP contribution in [0.4, 0.5) is 19.3 Å². The van der Waals surface area contributed by atoms with Gasteiger partial charge in [0.1, 0.15) is 23.1 Å². The van der Waals surface area contributed by atoms with Gasteiger partial charge in [-0.25, -0.2) is 23.5 Å². The van der Waals surface area contributed by atoms with Crippen molar-refractivity contribution in [3.63, 3.8) is 0 Å². The van der Waals surface area contributed by atoms with E-state index < -0.39 is 11.6 Å². The van der Waals surface area contributed by atoms with Gasteiger partial charge >= 0.3 is 6.03 Å². The minimum atomic E-state index is -0.771. The van der Waals surface area contributed by atoms with Gasteiger partial charge in [0.15, 0.2) is 10.3 Å². The monoisotopic (exact) mass is 1180 g/mol. The number of carbonyl (C=O) groups excluding carboxylic acids is 2. The maximum atomic E-state index is 14.2. The summed E-state index contributed by atoms with van der Waals surface area (Å²) in [6.07, 6.45) is 19.2. The SMILES string of the molecule is CCCCCCCN(CCCCCSc1nc(-c2ccc(C)cc2)c(-c2ccc(C)cc2)[nH]1)C(=O)Nc1ccc(F)cc1F.CCCCCCCN(CCCCCSc1nc(-c2ccc(OC)cc2)c(-c2ccc(OC)cc2)[nH]1)C(=O)CCC. The first kappa shape index (κ1) is 66.6. The number of aromatic amines is 2. The highest BCUT2D eigenvalue weighted by atomic mass is 32.2. The molecule has 0 aliphatic rings. The molecule has 15 heteroatoms. The normalized spacial score (nSPS) is 11.1. The standard InChI is InChI=1S/C36H44F2N4OS.C33H47N3O3S/c1-4-5-6-7-9-22-42(36(43)39-32-21-20-30(37)25-31(32)38)23-10-8-11-24-44-35-40-33(28-16-12-26(2)13-17-28)34(41-35)29-18-14-27(3)15-19-29;1-5-7-8-9-11-23-36(30(37)14-6-2)24-12-10-13-25-40-33-34-31(26-15-19-28(38-3)20-16-26)32(35-33)27-17-21-29(39-4)22-18-27/h12-21,25H,4-11,22-24H2,1-3H3,(H,39,43)(H,40,41);15-22H,5-14,23-25H2,1-4H3,(H,34,35). The molecule has 2 aromatic heterocycles. The van der Waals surface area contributed by atoms with Gasteiger partial charge in [0.05, 0.1) is 42.7 Å². The number of rotatable bonds is 35. The lowest BCUT2D eigenvalue weighted by Gasteiger charge is -2.23. The number of nitrogens with zero attached hydrogens (tertiary/aromatic N) is 4. The molecule has 452 valence electrons. The molecule has 0 spiro atoms. The summed E-state index contributed by atoms with van der Waals surface area (Å²) in [5.74, 6) is 2.42. The molecule has 3 amide bonds. The molecule has 0 aliphatic heterocycles. The summed E-state index contributed by atoms with van der Waals surface area (Å²) in [5, 5.41) is 4.45. The number of benzene rings is 5. The topological polar surface area (TPSA) is 128 Å². The molecule has 0 saturated carbocycles. The fraction of sp³-hybridized carbons (Fsp3) is 0.449. The highest BCUT2D eigenvalue weighted by Crippen LogP contribution is 2.36. The fourth-order valence-electron chi connectivity index (χ4n) is 9.76. The highest BCUT2D eigenvalue weighted by Gasteiger charge is 2.19. The number of aromatic nitrogens is 4. The Bertz CT molecular complexity index is 2880. The molecule has 0 bridgehead atoms. The van der Waals surface area contributed by atoms with Crippen molar-refractivity contribution in [3.05, 3.63) is 138 Å². The first-order valence-corrected chi connectivity index (χ1v) is 32.6. The smallest absolute Gasteiger partial charge is 0.321 e. The summed E-state index contributed by atoms with van der Waals surface area (Å²) in [5.41, 5.74) is 10.6. The van der Waals surface area contributed by atoms with Crippen LogP contribution >= 0.6 is 23.5 Å². The predicted molar refractivity (Wildman–Crippen MR) is 347 cm³/mol. The fourth-order valence-corrected chi connectivity index (χ4v) is 11.5. The number of hydrogen-bond donors (Lipinski definition) is 3. The Labute approximate surface area is 508 Å². The molecular formula is C69H91F2N7O4S2. The van der Waals surface area contributed by atoms with Crippen LogP contribution in [0.25, 0.3) is 45.0 Å². The minimum absolute atomic E-state index is 0.00255. The van der Waals surface area contributed by atoms with Gasteiger partial charge < -0.3 is 34.6 Å². The van der Waals surface area contributed by atoms with E-state index in [1.165, 1.54) is 49.3 Å². The van der Waals surface area contributed by atoms with Crippen molar-refractivity contribution < 1.29 is 27.8 Å². The molecular weight excluding hydrogens is 1090 g/mol. The molecule has 0 aliphatic carbocycles. The van der Waals surface area contributed by atoms with E-state index in [-0.39, 0.29) is 11.7 Å². The average Bonchev–Trinajstić information content (AvgIpc) is 4.36. The van der Waals surface area contributed by atoms with Crippen LogP contribution in [0.15, 0.2) is 126 Å². The van der Waals surface area contributed by atoms with Crippen LogP contribution < -0.4 is 14.8 Å². The van der Waals surface area contributed by atoms with Gasteiger partial charge in [0, 0.05) is 72.4 Å². The number of ether oxygens (including phenoxy) is 2. The first-order valence-electron chi connectivity index (χ1n) is 30.6. The summed E-state index contributed by atoms with van der Waals surface area (Å²) in [7, 11) is 3.36. The second kappa shape index (κ2) is 37.0. The van der Waals surface area contributed by atoms with E-state index in [0.29, 0.717) is 25.4 Å². The molecule has 5 aromatic carbocycles. The molecule has 2 heterocycles. The summed E-state index contributed by atoms with van der Waals surface area (Å²) in [6, 6.07) is 35.9. The van der Waals surface area contributed by atoms with Gasteiger partial charge in [-0.1, -0.05) is 168 Å². The van der Waals surface area contributed by atoms with Crippen LogP contribution in [0.1, 0.15) is 147 Å². The molecule has 0 saturated heterocycles. The zero-order chi connectivity index (χ0) is 59.9. The Morgan fingerprint density at radius 1 is 0.500 bits per heavy atom. The lowest BCUT2D eigenvalue weighted by molar-refractivity contribution is -0.131. The van der Waals surface area contributed by atoms with Gasteiger partial charge in [-0.3, -0.25) is 4.79 Å². The van der Waals surface area contributed by atoms with E-state index in [1.807, 2.05) is 36.4 Å². The van der Waals surface area contributed by atoms with Crippen LogP contribution in [-0.2, 0) is 4.79 Å². The Morgan fingerprint density at radius 3 is 1.33 bits per heavy atom. The Kier molecular flexibility index (Phi) is 29.3. The van der Waals surface area contributed by atoms with E-state index >= 15 is 0 Å². The summed E-state index contributed by atoms with van der Waals surface area (Å²) < 4.78 is 38.2. The van der Waals surface area contributed by atoms with Crippen molar-refractivity contribution in [2.45, 2.75) is 161 Å². The van der Waals surface area contributed by atoms with Crippen molar-refractivity contribution in [2.75, 3.05) is 57.2 Å². The quantitative estimate of drug-likeness (QED) is 0.0265. The Morgan fingerprint density at radius 2 is 0.905 bits per heavy atom. The van der Waals surface area contributed by atoms with Gasteiger partial charge in [-0.15, -0.1) is 0 Å². The number of H-pyrrole nitrogens is 2. The Hall–Kier alpha value is -6.58. The van der Waals surface area contributed by atoms with E-state index in [1.54, 1.807) is 42.6 Å². The number of nitrogens with one attached hydrogen (secondary N) is 3. The summed E-state index contributed by atoms with van der Waals surface area (Å²) in [6.45, 7) is 13.7.